The third kappa shape index (κ3) is 3.94. The molecule has 0 aliphatic carbocycles. The normalized spacial score (nSPS) is 13.1. The number of halogens is 2. The van der Waals surface area contributed by atoms with E-state index in [9.17, 15) is 4.39 Å². The van der Waals surface area contributed by atoms with Gasteiger partial charge < -0.3 is 0 Å². The molecule has 1 aromatic rings. The summed E-state index contributed by atoms with van der Waals surface area (Å²) in [6.45, 7) is 4.19. The molecule has 5 heteroatoms. The molecule has 1 atom stereocenters. The first-order valence-corrected chi connectivity index (χ1v) is 6.50. The van der Waals surface area contributed by atoms with Gasteiger partial charge in [0.2, 0.25) is 0 Å². The summed E-state index contributed by atoms with van der Waals surface area (Å²) in [5.74, 6) is 5.84. The molecule has 0 spiro atoms. The van der Waals surface area contributed by atoms with Crippen molar-refractivity contribution in [3.8, 4) is 0 Å². The number of rotatable bonds is 5. The van der Waals surface area contributed by atoms with Crippen molar-refractivity contribution in [2.45, 2.75) is 25.1 Å². The molecule has 90 valence electrons. The van der Waals surface area contributed by atoms with Crippen LogP contribution in [-0.2, 0) is 0 Å². The first kappa shape index (κ1) is 13.8. The zero-order chi connectivity index (χ0) is 12.1. The summed E-state index contributed by atoms with van der Waals surface area (Å²) < 4.78 is 13.6. The van der Waals surface area contributed by atoms with Crippen LogP contribution in [0.2, 0.25) is 5.02 Å². The van der Waals surface area contributed by atoms with Crippen LogP contribution >= 0.6 is 23.4 Å². The van der Waals surface area contributed by atoms with Crippen molar-refractivity contribution in [2.24, 2.45) is 5.84 Å². The standard InChI is InChI=1S/C11H16ClFN2S/c1-7(2)16-6-11(15-14)9-4-3-8(12)5-10(9)13/h3-5,7,11,15H,6,14H2,1-2H3. The van der Waals surface area contributed by atoms with Crippen molar-refractivity contribution >= 4 is 23.4 Å². The predicted octanol–water partition coefficient (Wildman–Crippen LogP) is 3.13. The molecular weight excluding hydrogens is 247 g/mol. The van der Waals surface area contributed by atoms with Crippen LogP contribution < -0.4 is 11.3 Å². The average Bonchev–Trinajstić information content (AvgIpc) is 2.21. The topological polar surface area (TPSA) is 38.0 Å². The van der Waals surface area contributed by atoms with Gasteiger partial charge in [-0.1, -0.05) is 31.5 Å². The Morgan fingerprint density at radius 2 is 2.19 bits per heavy atom. The van der Waals surface area contributed by atoms with Crippen LogP contribution in [-0.4, -0.2) is 11.0 Å². The van der Waals surface area contributed by atoms with Crippen molar-refractivity contribution in [2.75, 3.05) is 5.75 Å². The van der Waals surface area contributed by atoms with Crippen LogP contribution in [0.1, 0.15) is 25.5 Å². The summed E-state index contributed by atoms with van der Waals surface area (Å²) >= 11 is 7.42. The Balaban J connectivity index is 2.78. The van der Waals surface area contributed by atoms with E-state index in [4.69, 9.17) is 17.4 Å². The van der Waals surface area contributed by atoms with Crippen LogP contribution in [0, 0.1) is 5.82 Å². The summed E-state index contributed by atoms with van der Waals surface area (Å²) in [6, 6.07) is 4.46. The number of benzene rings is 1. The van der Waals surface area contributed by atoms with Gasteiger partial charge in [0.15, 0.2) is 0 Å². The highest BCUT2D eigenvalue weighted by atomic mass is 35.5. The van der Waals surface area contributed by atoms with Crippen LogP contribution in [0.5, 0.6) is 0 Å². The molecule has 0 bridgehead atoms. The van der Waals surface area contributed by atoms with Gasteiger partial charge in [0, 0.05) is 16.3 Å². The number of thioether (sulfide) groups is 1. The Morgan fingerprint density at radius 3 is 2.69 bits per heavy atom. The van der Waals surface area contributed by atoms with Crippen molar-refractivity contribution in [1.29, 1.82) is 0 Å². The lowest BCUT2D eigenvalue weighted by Gasteiger charge is -2.17. The zero-order valence-corrected chi connectivity index (χ0v) is 10.9. The minimum atomic E-state index is -0.320. The average molecular weight is 263 g/mol. The fraction of sp³-hybridized carbons (Fsp3) is 0.455. The van der Waals surface area contributed by atoms with Crippen LogP contribution in [0.3, 0.4) is 0 Å². The first-order chi connectivity index (χ1) is 7.54. The Bertz CT molecular complexity index is 347. The molecule has 0 fully saturated rings. The Labute approximate surface area is 105 Å². The number of hydrogen-bond donors (Lipinski definition) is 2. The van der Waals surface area contributed by atoms with Gasteiger partial charge in [-0.25, -0.2) is 4.39 Å². The molecule has 0 amide bonds. The lowest BCUT2D eigenvalue weighted by atomic mass is 10.1. The van der Waals surface area contributed by atoms with E-state index in [1.54, 1.807) is 23.9 Å². The maximum Gasteiger partial charge on any atom is 0.129 e. The maximum atomic E-state index is 13.6. The van der Waals surface area contributed by atoms with Crippen LogP contribution in [0.4, 0.5) is 4.39 Å². The van der Waals surface area contributed by atoms with E-state index in [-0.39, 0.29) is 11.9 Å². The van der Waals surface area contributed by atoms with Gasteiger partial charge in [0.1, 0.15) is 5.82 Å². The summed E-state index contributed by atoms with van der Waals surface area (Å²) in [7, 11) is 0. The maximum absolute atomic E-state index is 13.6. The van der Waals surface area contributed by atoms with E-state index in [1.807, 2.05) is 0 Å². The summed E-state index contributed by atoms with van der Waals surface area (Å²) in [5, 5.41) is 0.889. The van der Waals surface area contributed by atoms with Gasteiger partial charge in [0.05, 0.1) is 6.04 Å². The molecule has 16 heavy (non-hydrogen) atoms. The summed E-state index contributed by atoms with van der Waals surface area (Å²) in [5.41, 5.74) is 3.19. The van der Waals surface area contributed by atoms with E-state index < -0.39 is 0 Å². The fourth-order valence-corrected chi connectivity index (χ4v) is 2.31. The van der Waals surface area contributed by atoms with E-state index in [0.29, 0.717) is 15.8 Å². The molecular formula is C11H16ClFN2S. The first-order valence-electron chi connectivity index (χ1n) is 5.07. The second-order valence-corrected chi connectivity index (χ2v) is 5.81. The van der Waals surface area contributed by atoms with Crippen LogP contribution in [0.25, 0.3) is 0 Å². The quantitative estimate of drug-likeness (QED) is 0.633. The molecule has 0 aliphatic heterocycles. The largest absolute Gasteiger partial charge is 0.271 e. The van der Waals surface area contributed by atoms with Gasteiger partial charge >= 0.3 is 0 Å². The molecule has 0 saturated carbocycles. The highest BCUT2D eigenvalue weighted by Crippen LogP contribution is 2.24. The smallest absolute Gasteiger partial charge is 0.129 e. The third-order valence-electron chi connectivity index (χ3n) is 2.14. The van der Waals surface area contributed by atoms with Crippen molar-refractivity contribution < 1.29 is 4.39 Å². The number of nitrogens with one attached hydrogen (secondary N) is 1. The number of hydrazine groups is 1. The molecule has 0 aliphatic rings. The fourth-order valence-electron chi connectivity index (χ4n) is 1.30. The lowest BCUT2D eigenvalue weighted by Crippen LogP contribution is -2.30. The van der Waals surface area contributed by atoms with Crippen molar-refractivity contribution in [3.05, 3.63) is 34.6 Å². The second kappa shape index (κ2) is 6.45. The molecule has 0 radical (unpaired) electrons. The van der Waals surface area contributed by atoms with Gasteiger partial charge in [-0.05, 0) is 17.4 Å². The van der Waals surface area contributed by atoms with Crippen molar-refractivity contribution in [3.63, 3.8) is 0 Å². The monoisotopic (exact) mass is 262 g/mol. The molecule has 1 aromatic carbocycles. The molecule has 2 nitrogen and oxygen atoms in total. The highest BCUT2D eigenvalue weighted by molar-refractivity contribution is 7.99. The van der Waals surface area contributed by atoms with Gasteiger partial charge in [0.25, 0.3) is 0 Å². The zero-order valence-electron chi connectivity index (χ0n) is 9.34. The van der Waals surface area contributed by atoms with Gasteiger partial charge in [-0.3, -0.25) is 11.3 Å². The van der Waals surface area contributed by atoms with E-state index >= 15 is 0 Å². The Kier molecular flexibility index (Phi) is 5.55. The van der Waals surface area contributed by atoms with E-state index in [2.05, 4.69) is 19.3 Å². The summed E-state index contributed by atoms with van der Waals surface area (Å²) in [4.78, 5) is 0. The number of hydrogen-bond acceptors (Lipinski definition) is 3. The Hall–Kier alpha value is -0.290. The molecule has 0 heterocycles. The highest BCUT2D eigenvalue weighted by Gasteiger charge is 2.15. The SMILES string of the molecule is CC(C)SCC(NN)c1ccc(Cl)cc1F. The number of nitrogens with two attached hydrogens (primary N) is 1. The molecule has 0 aromatic heterocycles. The summed E-state index contributed by atoms with van der Waals surface area (Å²) in [6.07, 6.45) is 0. The molecule has 1 unspecified atom stereocenters. The molecule has 3 N–H and O–H groups in total. The van der Waals surface area contributed by atoms with E-state index in [1.165, 1.54) is 6.07 Å². The Morgan fingerprint density at radius 1 is 1.50 bits per heavy atom. The van der Waals surface area contributed by atoms with E-state index in [0.717, 1.165) is 5.75 Å². The minimum absolute atomic E-state index is 0.190. The molecule has 1 rings (SSSR count). The predicted molar refractivity (Wildman–Crippen MR) is 69.1 cm³/mol. The lowest BCUT2D eigenvalue weighted by molar-refractivity contribution is 0.546. The minimum Gasteiger partial charge on any atom is -0.271 e. The van der Waals surface area contributed by atoms with Crippen molar-refractivity contribution in [1.82, 2.24) is 5.43 Å². The molecule has 0 saturated heterocycles. The second-order valence-electron chi connectivity index (χ2n) is 3.77. The van der Waals surface area contributed by atoms with Gasteiger partial charge in [-0.15, -0.1) is 0 Å². The van der Waals surface area contributed by atoms with Gasteiger partial charge in [-0.2, -0.15) is 11.8 Å². The third-order valence-corrected chi connectivity index (χ3v) is 3.56. The van der Waals surface area contributed by atoms with Crippen LogP contribution in [0.15, 0.2) is 18.2 Å².